The van der Waals surface area contributed by atoms with E-state index in [-0.39, 0.29) is 0 Å². The molecule has 6 aliphatic heterocycles. The quantitative estimate of drug-likeness (QED) is 0.596. The molecule has 0 amide bonds. The van der Waals surface area contributed by atoms with Gasteiger partial charge in [-0.2, -0.15) is 0 Å². The van der Waals surface area contributed by atoms with Crippen LogP contribution in [-0.4, -0.2) is 63.8 Å². The molecule has 8 rings (SSSR count). The molecule has 6 saturated heterocycles. The summed E-state index contributed by atoms with van der Waals surface area (Å²) in [6, 6.07) is 0. The summed E-state index contributed by atoms with van der Waals surface area (Å²) in [5.74, 6) is 7.24. The third kappa shape index (κ3) is 5.11. The number of fused-ring (bicyclic) bond motifs is 4. The molecule has 2 aliphatic carbocycles. The molecule has 0 spiro atoms. The molecule has 0 radical (unpaired) electrons. The van der Waals surface area contributed by atoms with E-state index in [1.807, 2.05) is 0 Å². The number of nitrogens with zero attached hydrogens (tertiary/aromatic N) is 1. The van der Waals surface area contributed by atoms with Gasteiger partial charge in [-0.25, -0.2) is 0 Å². The van der Waals surface area contributed by atoms with E-state index in [2.05, 4.69) is 20.9 Å². The Morgan fingerprint density at radius 2 is 0.786 bits per heavy atom. The molecule has 8 aliphatic rings. The second-order valence-corrected chi connectivity index (χ2v) is 11.4. The van der Waals surface area contributed by atoms with Gasteiger partial charge in [0.2, 0.25) is 0 Å². The van der Waals surface area contributed by atoms with Gasteiger partial charge in [0.25, 0.3) is 0 Å². The SMILES string of the molecule is C1C2CC3CC1CN(C2)C3.C1CC2CNCC(C1)C2.C1NCC2CNCC1C2. The van der Waals surface area contributed by atoms with Crippen LogP contribution in [0.15, 0.2) is 0 Å². The van der Waals surface area contributed by atoms with E-state index in [4.69, 9.17) is 0 Å². The van der Waals surface area contributed by atoms with Crippen LogP contribution in [0.25, 0.3) is 0 Å². The van der Waals surface area contributed by atoms with Crippen molar-refractivity contribution in [2.45, 2.75) is 51.4 Å². The molecule has 0 aromatic heterocycles. The van der Waals surface area contributed by atoms with E-state index in [0.717, 1.165) is 41.4 Å². The van der Waals surface area contributed by atoms with E-state index < -0.39 is 0 Å². The van der Waals surface area contributed by atoms with Crippen molar-refractivity contribution < 1.29 is 0 Å². The Kier molecular flexibility index (Phi) is 6.59. The van der Waals surface area contributed by atoms with Crippen LogP contribution in [-0.2, 0) is 0 Å². The second-order valence-electron chi connectivity index (χ2n) is 11.4. The highest BCUT2D eigenvalue weighted by atomic mass is 15.2. The van der Waals surface area contributed by atoms with Crippen molar-refractivity contribution in [3.63, 3.8) is 0 Å². The predicted molar refractivity (Wildman–Crippen MR) is 116 cm³/mol. The molecule has 2 saturated carbocycles. The molecule has 6 heterocycles. The smallest absolute Gasteiger partial charge is 0.00101 e. The Balaban J connectivity index is 0.0000000917. The maximum absolute atomic E-state index is 3.49. The molecule has 28 heavy (non-hydrogen) atoms. The Labute approximate surface area is 173 Å². The van der Waals surface area contributed by atoms with E-state index in [9.17, 15) is 0 Å². The van der Waals surface area contributed by atoms with Crippen LogP contribution >= 0.6 is 0 Å². The van der Waals surface area contributed by atoms with Crippen LogP contribution in [0.4, 0.5) is 0 Å². The first-order chi connectivity index (χ1) is 13.8. The first-order valence-corrected chi connectivity index (χ1v) is 12.6. The van der Waals surface area contributed by atoms with Gasteiger partial charge in [-0.1, -0.05) is 6.42 Å². The van der Waals surface area contributed by atoms with E-state index in [1.54, 1.807) is 19.3 Å². The minimum absolute atomic E-state index is 0.928. The lowest BCUT2D eigenvalue weighted by molar-refractivity contribution is -0.0169. The lowest BCUT2D eigenvalue weighted by Gasteiger charge is -2.51. The largest absolute Gasteiger partial charge is 0.316 e. The summed E-state index contributed by atoms with van der Waals surface area (Å²) < 4.78 is 0. The van der Waals surface area contributed by atoms with E-state index >= 15 is 0 Å². The fourth-order valence-electron chi connectivity index (χ4n) is 7.67. The topological polar surface area (TPSA) is 39.3 Å². The highest BCUT2D eigenvalue weighted by Crippen LogP contribution is 2.42. The van der Waals surface area contributed by atoms with Crippen molar-refractivity contribution in [1.82, 2.24) is 20.9 Å². The summed E-state index contributed by atoms with van der Waals surface area (Å²) in [7, 11) is 0. The van der Waals surface area contributed by atoms with Gasteiger partial charge in [-0.3, -0.25) is 0 Å². The fourth-order valence-corrected chi connectivity index (χ4v) is 7.67. The Morgan fingerprint density at radius 3 is 1.14 bits per heavy atom. The molecule has 8 fully saturated rings. The van der Waals surface area contributed by atoms with Crippen LogP contribution in [0.3, 0.4) is 0 Å². The molecule has 0 aromatic carbocycles. The highest BCUT2D eigenvalue weighted by molar-refractivity contribution is 4.93. The molecule has 2 atom stereocenters. The van der Waals surface area contributed by atoms with Gasteiger partial charge < -0.3 is 20.9 Å². The van der Waals surface area contributed by atoms with Crippen molar-refractivity contribution in [2.75, 3.05) is 58.9 Å². The number of nitrogens with one attached hydrogen (secondary N) is 3. The van der Waals surface area contributed by atoms with Crippen molar-refractivity contribution in [3.8, 4) is 0 Å². The van der Waals surface area contributed by atoms with Gasteiger partial charge in [-0.05, 0) is 126 Å². The van der Waals surface area contributed by atoms with Crippen molar-refractivity contribution in [3.05, 3.63) is 0 Å². The highest BCUT2D eigenvalue weighted by Gasteiger charge is 2.40. The standard InChI is InChI=1S/C9H15N.C8H15N.C7H14N2/c1-7-2-9-3-8(1)5-10(4-7)6-9;1-2-7-4-8(3-1)6-9-5-7;1-6-2-8-4-7(1)5-9-3-6/h7-9H,1-6H2;7-9H,1-6H2;6-9H,1-5H2. The van der Waals surface area contributed by atoms with Gasteiger partial charge >= 0.3 is 0 Å². The number of hydrogen-bond acceptors (Lipinski definition) is 4. The molecule has 8 bridgehead atoms. The number of rotatable bonds is 0. The fraction of sp³-hybridized carbons (Fsp3) is 1.00. The first kappa shape index (κ1) is 19.8. The maximum atomic E-state index is 3.49. The lowest BCUT2D eigenvalue weighted by Crippen LogP contribution is -2.53. The Morgan fingerprint density at radius 1 is 0.429 bits per heavy atom. The first-order valence-electron chi connectivity index (χ1n) is 12.6. The van der Waals surface area contributed by atoms with Gasteiger partial charge in [0.15, 0.2) is 0 Å². The van der Waals surface area contributed by atoms with Crippen molar-refractivity contribution >= 4 is 0 Å². The Bertz CT molecular complexity index is 372. The van der Waals surface area contributed by atoms with Crippen molar-refractivity contribution in [2.24, 2.45) is 41.4 Å². The molecule has 3 N–H and O–H groups in total. The van der Waals surface area contributed by atoms with Gasteiger partial charge in [0, 0.05) is 19.6 Å². The normalized spacial score (nSPS) is 48.0. The molecule has 2 unspecified atom stereocenters. The third-order valence-corrected chi connectivity index (χ3v) is 8.71. The van der Waals surface area contributed by atoms with Crippen LogP contribution in [0.5, 0.6) is 0 Å². The maximum Gasteiger partial charge on any atom is 0.00101 e. The van der Waals surface area contributed by atoms with Gasteiger partial charge in [0.1, 0.15) is 0 Å². The molecule has 160 valence electrons. The number of piperidine rings is 6. The summed E-state index contributed by atoms with van der Waals surface area (Å²) in [6.45, 7) is 11.9. The minimum Gasteiger partial charge on any atom is -0.316 e. The second kappa shape index (κ2) is 9.32. The lowest BCUT2D eigenvalue weighted by atomic mass is 9.68. The molecular weight excluding hydrogens is 344 g/mol. The van der Waals surface area contributed by atoms with Gasteiger partial charge in [0.05, 0.1) is 0 Å². The molecule has 4 heteroatoms. The van der Waals surface area contributed by atoms with Crippen molar-refractivity contribution in [1.29, 1.82) is 0 Å². The van der Waals surface area contributed by atoms with Crippen LogP contribution in [0, 0.1) is 41.4 Å². The predicted octanol–water partition coefficient (Wildman–Crippen LogP) is 2.56. The Hall–Kier alpha value is -0.160. The monoisotopic (exact) mass is 388 g/mol. The van der Waals surface area contributed by atoms with E-state index in [1.165, 1.54) is 91.0 Å². The third-order valence-electron chi connectivity index (χ3n) is 8.71. The molecule has 4 nitrogen and oxygen atoms in total. The zero-order valence-corrected chi connectivity index (χ0v) is 18.0. The van der Waals surface area contributed by atoms with Gasteiger partial charge in [-0.15, -0.1) is 0 Å². The molecular formula is C24H44N4. The average molecular weight is 389 g/mol. The zero-order chi connectivity index (χ0) is 18.8. The summed E-state index contributed by atoms with van der Waals surface area (Å²) in [5, 5.41) is 10.4. The average Bonchev–Trinajstić information content (AvgIpc) is 2.68. The van der Waals surface area contributed by atoms with Crippen LogP contribution in [0.2, 0.25) is 0 Å². The summed E-state index contributed by atoms with van der Waals surface area (Å²) in [4.78, 5) is 2.69. The van der Waals surface area contributed by atoms with Crippen LogP contribution < -0.4 is 16.0 Å². The molecule has 0 aromatic rings. The zero-order valence-electron chi connectivity index (χ0n) is 18.0. The van der Waals surface area contributed by atoms with E-state index in [0.29, 0.717) is 0 Å². The van der Waals surface area contributed by atoms with Crippen LogP contribution in [0.1, 0.15) is 51.4 Å². The number of hydrogen-bond donors (Lipinski definition) is 3. The summed E-state index contributed by atoms with van der Waals surface area (Å²) >= 11 is 0. The summed E-state index contributed by atoms with van der Waals surface area (Å²) in [6.07, 6.45) is 12.1. The minimum atomic E-state index is 0.928. The summed E-state index contributed by atoms with van der Waals surface area (Å²) in [5.41, 5.74) is 0.